The van der Waals surface area contributed by atoms with Gasteiger partial charge in [0.15, 0.2) is 0 Å². The van der Waals surface area contributed by atoms with Crippen LogP contribution < -0.4 is 0 Å². The van der Waals surface area contributed by atoms with Crippen LogP contribution in [0.15, 0.2) is 54.6 Å². The van der Waals surface area contributed by atoms with Gasteiger partial charge in [-0.2, -0.15) is 0 Å². The molecule has 0 radical (unpaired) electrons. The first-order valence-corrected chi connectivity index (χ1v) is 6.68. The maximum Gasteiger partial charge on any atom is 0.355 e. The molecule has 0 fully saturated rings. The van der Waals surface area contributed by atoms with Crippen molar-refractivity contribution in [3.8, 4) is 0 Å². The minimum atomic E-state index is -0.267. The Morgan fingerprint density at radius 2 is 1.75 bits per heavy atom. The van der Waals surface area contributed by atoms with Gasteiger partial charge in [-0.1, -0.05) is 48.5 Å². The number of para-hydroxylation sites is 1. The smallest absolute Gasteiger partial charge is 0.355 e. The second-order valence-electron chi connectivity index (χ2n) is 5.03. The number of rotatable bonds is 1. The zero-order valence-corrected chi connectivity index (χ0v) is 10.8. The number of carbonyl (C=O) groups is 1. The predicted octanol–water partition coefficient (Wildman–Crippen LogP) is 3.62. The fraction of sp³-hybridized carbons (Fsp3) is 0.118. The third-order valence-corrected chi connectivity index (χ3v) is 3.83. The molecule has 2 aromatic carbocycles. The molecule has 0 bridgehead atoms. The van der Waals surface area contributed by atoms with Crippen molar-refractivity contribution < 1.29 is 9.53 Å². The number of hydrogen-bond donors (Lipinski definition) is 1. The van der Waals surface area contributed by atoms with Crippen LogP contribution in [0.2, 0.25) is 0 Å². The van der Waals surface area contributed by atoms with Gasteiger partial charge >= 0.3 is 5.97 Å². The maximum atomic E-state index is 12.2. The standard InChI is InChI=1S/C17H13NO2/c19-17-16-13(12-8-4-5-9-14(12)18-16)10-15(20-17)11-6-2-1-3-7-11/h1-9,15,18H,10H2. The summed E-state index contributed by atoms with van der Waals surface area (Å²) in [7, 11) is 0. The molecule has 1 atom stereocenters. The van der Waals surface area contributed by atoms with Crippen LogP contribution in [-0.2, 0) is 11.2 Å². The normalized spacial score (nSPS) is 17.8. The molecule has 1 aliphatic heterocycles. The van der Waals surface area contributed by atoms with Gasteiger partial charge in [0.1, 0.15) is 11.8 Å². The van der Waals surface area contributed by atoms with E-state index in [9.17, 15) is 4.79 Å². The van der Waals surface area contributed by atoms with Crippen LogP contribution in [0.3, 0.4) is 0 Å². The third-order valence-electron chi connectivity index (χ3n) is 3.83. The number of nitrogens with one attached hydrogen (secondary N) is 1. The summed E-state index contributed by atoms with van der Waals surface area (Å²) in [5.41, 5.74) is 3.68. The molecular weight excluding hydrogens is 250 g/mol. The van der Waals surface area contributed by atoms with E-state index in [1.54, 1.807) is 0 Å². The van der Waals surface area contributed by atoms with E-state index < -0.39 is 0 Å². The molecule has 98 valence electrons. The maximum absolute atomic E-state index is 12.2. The van der Waals surface area contributed by atoms with E-state index in [0.717, 1.165) is 28.5 Å². The van der Waals surface area contributed by atoms with Crippen molar-refractivity contribution in [3.63, 3.8) is 0 Å². The van der Waals surface area contributed by atoms with Crippen LogP contribution in [-0.4, -0.2) is 11.0 Å². The number of ether oxygens (including phenoxy) is 1. The Morgan fingerprint density at radius 1 is 1.00 bits per heavy atom. The van der Waals surface area contributed by atoms with Gasteiger partial charge in [0, 0.05) is 17.3 Å². The first kappa shape index (κ1) is 11.3. The Hall–Kier alpha value is -2.55. The molecule has 4 rings (SSSR count). The molecule has 1 aromatic heterocycles. The number of benzene rings is 2. The number of carbonyl (C=O) groups excluding carboxylic acids is 1. The fourth-order valence-corrected chi connectivity index (χ4v) is 2.86. The summed E-state index contributed by atoms with van der Waals surface area (Å²) in [6, 6.07) is 17.9. The first-order valence-electron chi connectivity index (χ1n) is 6.68. The van der Waals surface area contributed by atoms with E-state index in [1.807, 2.05) is 54.6 Å². The van der Waals surface area contributed by atoms with Crippen molar-refractivity contribution in [1.82, 2.24) is 4.98 Å². The monoisotopic (exact) mass is 263 g/mol. The molecule has 3 aromatic rings. The quantitative estimate of drug-likeness (QED) is 0.681. The minimum Gasteiger partial charge on any atom is -0.452 e. The molecule has 0 saturated carbocycles. The topological polar surface area (TPSA) is 42.1 Å². The predicted molar refractivity (Wildman–Crippen MR) is 76.6 cm³/mol. The lowest BCUT2D eigenvalue weighted by Crippen LogP contribution is -2.21. The number of cyclic esters (lactones) is 1. The van der Waals surface area contributed by atoms with Crippen molar-refractivity contribution in [2.75, 3.05) is 0 Å². The summed E-state index contributed by atoms with van der Waals surface area (Å²) in [6.45, 7) is 0. The van der Waals surface area contributed by atoms with E-state index in [4.69, 9.17) is 4.74 Å². The van der Waals surface area contributed by atoms with Crippen molar-refractivity contribution >= 4 is 16.9 Å². The molecule has 3 nitrogen and oxygen atoms in total. The number of aromatic nitrogens is 1. The fourth-order valence-electron chi connectivity index (χ4n) is 2.86. The Balaban J connectivity index is 1.84. The van der Waals surface area contributed by atoms with Crippen molar-refractivity contribution in [2.45, 2.75) is 12.5 Å². The van der Waals surface area contributed by atoms with Crippen LogP contribution in [0.25, 0.3) is 10.9 Å². The van der Waals surface area contributed by atoms with Gasteiger partial charge in [0.2, 0.25) is 0 Å². The summed E-state index contributed by atoms with van der Waals surface area (Å²) in [4.78, 5) is 15.3. The minimum absolute atomic E-state index is 0.199. The molecule has 0 aliphatic carbocycles. The van der Waals surface area contributed by atoms with Crippen LogP contribution >= 0.6 is 0 Å². The molecule has 1 N–H and O–H groups in total. The van der Waals surface area contributed by atoms with Gasteiger partial charge in [-0.05, 0) is 17.2 Å². The van der Waals surface area contributed by atoms with Gasteiger partial charge in [-0.15, -0.1) is 0 Å². The van der Waals surface area contributed by atoms with Gasteiger partial charge in [-0.25, -0.2) is 4.79 Å². The van der Waals surface area contributed by atoms with Gasteiger partial charge < -0.3 is 9.72 Å². The van der Waals surface area contributed by atoms with E-state index >= 15 is 0 Å². The number of hydrogen-bond acceptors (Lipinski definition) is 2. The van der Waals surface area contributed by atoms with E-state index in [0.29, 0.717) is 5.69 Å². The van der Waals surface area contributed by atoms with Crippen molar-refractivity contribution in [2.24, 2.45) is 0 Å². The molecule has 0 amide bonds. The Kier molecular flexibility index (Phi) is 2.39. The van der Waals surface area contributed by atoms with E-state index in [1.165, 1.54) is 0 Å². The lowest BCUT2D eigenvalue weighted by atomic mass is 9.97. The number of aromatic amines is 1. The van der Waals surface area contributed by atoms with Crippen LogP contribution in [0.4, 0.5) is 0 Å². The van der Waals surface area contributed by atoms with Gasteiger partial charge in [0.05, 0.1) is 0 Å². The average molecular weight is 263 g/mol. The van der Waals surface area contributed by atoms with Crippen LogP contribution in [0.5, 0.6) is 0 Å². The van der Waals surface area contributed by atoms with Crippen LogP contribution in [0, 0.1) is 0 Å². The highest BCUT2D eigenvalue weighted by Crippen LogP contribution is 2.34. The largest absolute Gasteiger partial charge is 0.452 e. The molecule has 3 heteroatoms. The van der Waals surface area contributed by atoms with E-state index in [2.05, 4.69) is 4.98 Å². The number of H-pyrrole nitrogens is 1. The SMILES string of the molecule is O=C1OC(c2ccccc2)Cc2c1[nH]c1ccccc21. The Morgan fingerprint density at radius 3 is 2.60 bits per heavy atom. The Bertz CT molecular complexity index is 789. The third kappa shape index (κ3) is 1.63. The number of fused-ring (bicyclic) bond motifs is 3. The highest BCUT2D eigenvalue weighted by atomic mass is 16.5. The van der Waals surface area contributed by atoms with Gasteiger partial charge in [0.25, 0.3) is 0 Å². The zero-order valence-electron chi connectivity index (χ0n) is 10.8. The highest BCUT2D eigenvalue weighted by molar-refractivity contribution is 5.99. The zero-order chi connectivity index (χ0) is 13.5. The highest BCUT2D eigenvalue weighted by Gasteiger charge is 2.30. The van der Waals surface area contributed by atoms with Crippen LogP contribution in [0.1, 0.15) is 27.7 Å². The molecule has 0 saturated heterocycles. The molecule has 1 unspecified atom stereocenters. The number of esters is 1. The summed E-state index contributed by atoms with van der Waals surface area (Å²) in [5, 5.41) is 1.11. The summed E-state index contributed by atoms with van der Waals surface area (Å²) >= 11 is 0. The van der Waals surface area contributed by atoms with Gasteiger partial charge in [-0.3, -0.25) is 0 Å². The second-order valence-corrected chi connectivity index (χ2v) is 5.03. The molecule has 0 spiro atoms. The Labute approximate surface area is 116 Å². The summed E-state index contributed by atoms with van der Waals surface area (Å²) in [5.74, 6) is -0.267. The first-order chi connectivity index (χ1) is 9.83. The van der Waals surface area contributed by atoms with Crippen molar-refractivity contribution in [3.05, 3.63) is 71.4 Å². The molecule has 2 heterocycles. The average Bonchev–Trinajstić information content (AvgIpc) is 2.88. The molecule has 1 aliphatic rings. The second kappa shape index (κ2) is 4.23. The summed E-state index contributed by atoms with van der Waals surface area (Å²) < 4.78 is 5.56. The van der Waals surface area contributed by atoms with Crippen molar-refractivity contribution in [1.29, 1.82) is 0 Å². The molecular formula is C17H13NO2. The summed E-state index contributed by atoms with van der Waals surface area (Å²) in [6.07, 6.45) is 0.519. The molecule has 20 heavy (non-hydrogen) atoms. The lowest BCUT2D eigenvalue weighted by Gasteiger charge is -2.23. The van der Waals surface area contributed by atoms with E-state index in [-0.39, 0.29) is 12.1 Å². The lowest BCUT2D eigenvalue weighted by molar-refractivity contribution is 0.0247.